The molecule has 0 saturated heterocycles. The van der Waals surface area contributed by atoms with Gasteiger partial charge in [-0.15, -0.1) is 24.5 Å². The molecule has 318 valence electrons. The normalized spacial score (nSPS) is 10.7. The molecule has 0 atom stereocenters. The highest BCUT2D eigenvalue weighted by atomic mass is 32.1. The van der Waals surface area contributed by atoms with Crippen LogP contribution in [0.25, 0.3) is 64.9 Å². The maximum atomic E-state index is 4.84. The first-order valence-corrected chi connectivity index (χ1v) is 22.4. The van der Waals surface area contributed by atoms with Crippen LogP contribution in [0.4, 0.5) is 34.1 Å². The molecule has 3 aromatic heterocycles. The zero-order valence-electron chi connectivity index (χ0n) is 35.7. The summed E-state index contributed by atoms with van der Waals surface area (Å²) in [6.45, 7) is 6.00. The van der Waals surface area contributed by atoms with Crippen molar-refractivity contribution in [3.05, 3.63) is 256 Å². The minimum absolute atomic E-state index is 0. The number of benzene rings is 8. The van der Waals surface area contributed by atoms with E-state index in [4.69, 9.17) is 9.97 Å². The molecule has 0 radical (unpaired) electrons. The van der Waals surface area contributed by atoms with Crippen LogP contribution < -0.4 is 9.80 Å². The van der Waals surface area contributed by atoms with Gasteiger partial charge in [-0.05, 0) is 118 Å². The van der Waals surface area contributed by atoms with E-state index in [0.717, 1.165) is 55.9 Å². The zero-order chi connectivity index (χ0) is 44.0. The summed E-state index contributed by atoms with van der Waals surface area (Å²) < 4.78 is 0. The van der Waals surface area contributed by atoms with Gasteiger partial charge in [0.15, 0.2) is 0 Å². The van der Waals surface area contributed by atoms with Crippen LogP contribution in [-0.4, -0.2) is 9.97 Å². The summed E-state index contributed by atoms with van der Waals surface area (Å²) in [6.07, 6.45) is 3.94. The van der Waals surface area contributed by atoms with Crippen LogP contribution in [0.2, 0.25) is 0 Å². The summed E-state index contributed by atoms with van der Waals surface area (Å²) in [7, 11) is 0. The third-order valence-electron chi connectivity index (χ3n) is 11.6. The van der Waals surface area contributed by atoms with Crippen LogP contribution in [-0.2, 0) is 0 Å². The van der Waals surface area contributed by atoms with Crippen molar-refractivity contribution in [1.29, 1.82) is 0 Å². The molecule has 8 aromatic carbocycles. The number of rotatable bonds is 10. The van der Waals surface area contributed by atoms with Crippen molar-refractivity contribution in [3.8, 4) is 43.1 Å². The van der Waals surface area contributed by atoms with Gasteiger partial charge in [-0.25, -0.2) is 0 Å². The highest BCUT2D eigenvalue weighted by Crippen LogP contribution is 2.41. The van der Waals surface area contributed by atoms with E-state index in [1.54, 1.807) is 0 Å². The van der Waals surface area contributed by atoms with Crippen LogP contribution in [0.15, 0.2) is 256 Å². The van der Waals surface area contributed by atoms with Gasteiger partial charge in [0.25, 0.3) is 0 Å². The minimum atomic E-state index is 0. The van der Waals surface area contributed by atoms with Crippen LogP contribution in [0.3, 0.4) is 0 Å². The molecule has 0 aliphatic rings. The Morgan fingerprint density at radius 1 is 0.303 bits per heavy atom. The maximum Gasteiger partial charge on any atom is 0.0703 e. The van der Waals surface area contributed by atoms with Crippen molar-refractivity contribution in [2.45, 2.75) is 7.43 Å². The number of nitrogens with zero attached hydrogens (tertiary/aromatic N) is 4. The smallest absolute Gasteiger partial charge is 0.0703 e. The molecule has 11 aromatic rings. The molecule has 0 amide bonds. The van der Waals surface area contributed by atoms with Gasteiger partial charge >= 0.3 is 0 Å². The van der Waals surface area contributed by atoms with Gasteiger partial charge in [0.2, 0.25) is 0 Å². The van der Waals surface area contributed by atoms with Gasteiger partial charge in [-0.3, -0.25) is 9.97 Å². The molecule has 0 N–H and O–H groups in total. The van der Waals surface area contributed by atoms with Gasteiger partial charge in [0.1, 0.15) is 0 Å². The SMILES string of the molecule is C.C=C.c1ccc(-c2ccc(N(c3ccc(-c4ccc(-c5ccc(N(c6ccc(-c7ccccc7)cc6)c6cnc7ccccc7c6)cc5)s4)cc3)c3cnc4ccccc4c3)cc2)cc1. The predicted octanol–water partition coefficient (Wildman–Crippen LogP) is 17.9. The summed E-state index contributed by atoms with van der Waals surface area (Å²) in [5, 5.41) is 2.21. The summed E-state index contributed by atoms with van der Waals surface area (Å²) in [5.74, 6) is 0. The summed E-state index contributed by atoms with van der Waals surface area (Å²) in [4.78, 5) is 16.7. The van der Waals surface area contributed by atoms with E-state index in [2.05, 4.69) is 241 Å². The Kier molecular flexibility index (Phi) is 12.7. The van der Waals surface area contributed by atoms with E-state index in [1.807, 2.05) is 35.9 Å². The third kappa shape index (κ3) is 8.89. The fourth-order valence-electron chi connectivity index (χ4n) is 8.32. The second-order valence-electron chi connectivity index (χ2n) is 15.5. The van der Waals surface area contributed by atoms with E-state index in [1.165, 1.54) is 43.1 Å². The van der Waals surface area contributed by atoms with Gasteiger partial charge in [0.05, 0.1) is 34.8 Å². The third-order valence-corrected chi connectivity index (χ3v) is 12.7. The largest absolute Gasteiger partial charge is 0.309 e. The van der Waals surface area contributed by atoms with E-state index >= 15 is 0 Å². The molecule has 66 heavy (non-hydrogen) atoms. The number of hydrogen-bond acceptors (Lipinski definition) is 5. The minimum Gasteiger partial charge on any atom is -0.309 e. The fourth-order valence-corrected chi connectivity index (χ4v) is 9.34. The first-order valence-electron chi connectivity index (χ1n) is 21.6. The molecule has 0 aliphatic heterocycles. The summed E-state index contributed by atoms with van der Waals surface area (Å²) in [5.41, 5.74) is 15.4. The average Bonchev–Trinajstić information content (AvgIpc) is 3.89. The number of anilines is 6. The lowest BCUT2D eigenvalue weighted by molar-refractivity contribution is 1.26. The highest BCUT2D eigenvalue weighted by Gasteiger charge is 2.17. The van der Waals surface area contributed by atoms with Gasteiger partial charge in [-0.1, -0.05) is 153 Å². The van der Waals surface area contributed by atoms with Gasteiger partial charge in [0, 0.05) is 43.3 Å². The van der Waals surface area contributed by atoms with Crippen LogP contribution in [0.5, 0.6) is 0 Å². The lowest BCUT2D eigenvalue weighted by Gasteiger charge is -2.26. The zero-order valence-corrected chi connectivity index (χ0v) is 36.5. The van der Waals surface area contributed by atoms with Crippen LogP contribution >= 0.6 is 11.3 Å². The van der Waals surface area contributed by atoms with Crippen LogP contribution in [0, 0.1) is 0 Å². The molecule has 0 unspecified atom stereocenters. The average molecular weight is 869 g/mol. The summed E-state index contributed by atoms with van der Waals surface area (Å²) in [6, 6.07) is 81.8. The second-order valence-corrected chi connectivity index (χ2v) is 16.6. The lowest BCUT2D eigenvalue weighted by Crippen LogP contribution is -2.10. The molecule has 0 fully saturated rings. The number of thiophene rings is 1. The van der Waals surface area contributed by atoms with Crippen molar-refractivity contribution in [2.75, 3.05) is 9.80 Å². The van der Waals surface area contributed by atoms with Gasteiger partial charge in [-0.2, -0.15) is 0 Å². The Morgan fingerprint density at radius 3 is 0.970 bits per heavy atom. The van der Waals surface area contributed by atoms with E-state index in [-0.39, 0.29) is 7.43 Å². The first kappa shape index (κ1) is 42.9. The summed E-state index contributed by atoms with van der Waals surface area (Å²) >= 11 is 1.81. The Labute approximate surface area is 391 Å². The molecular weight excluding hydrogens is 821 g/mol. The molecular formula is C61H48N4S. The monoisotopic (exact) mass is 868 g/mol. The highest BCUT2D eigenvalue weighted by molar-refractivity contribution is 7.18. The molecule has 5 heteroatoms. The maximum absolute atomic E-state index is 4.84. The van der Waals surface area contributed by atoms with E-state index < -0.39 is 0 Å². The quantitative estimate of drug-likeness (QED) is 0.128. The Morgan fingerprint density at radius 2 is 0.606 bits per heavy atom. The van der Waals surface area contributed by atoms with Gasteiger partial charge < -0.3 is 9.80 Å². The Balaban J connectivity index is 0.00000180. The number of fused-ring (bicyclic) bond motifs is 2. The van der Waals surface area contributed by atoms with Crippen molar-refractivity contribution in [1.82, 2.24) is 9.97 Å². The first-order chi connectivity index (χ1) is 32.2. The topological polar surface area (TPSA) is 32.3 Å². The Bertz CT molecular complexity index is 3100. The number of hydrogen-bond donors (Lipinski definition) is 0. The molecule has 11 rings (SSSR count). The van der Waals surface area contributed by atoms with Crippen molar-refractivity contribution in [3.63, 3.8) is 0 Å². The fraction of sp³-hybridized carbons (Fsp3) is 0.0164. The van der Waals surface area contributed by atoms with Crippen molar-refractivity contribution >= 4 is 67.3 Å². The molecule has 0 aliphatic carbocycles. The number of aromatic nitrogens is 2. The lowest BCUT2D eigenvalue weighted by atomic mass is 10.0. The second kappa shape index (κ2) is 19.6. The molecule has 4 nitrogen and oxygen atoms in total. The van der Waals surface area contributed by atoms with E-state index in [9.17, 15) is 0 Å². The molecule has 0 spiro atoms. The van der Waals surface area contributed by atoms with E-state index in [0.29, 0.717) is 0 Å². The van der Waals surface area contributed by atoms with Crippen molar-refractivity contribution < 1.29 is 0 Å². The Hall–Kier alpha value is -8.38. The number of pyridine rings is 2. The predicted molar refractivity (Wildman–Crippen MR) is 284 cm³/mol. The van der Waals surface area contributed by atoms with Crippen molar-refractivity contribution in [2.24, 2.45) is 0 Å². The standard InChI is InChI=1S/C58H40N4S.C2H4.CH4/c1-3-11-41(12-4-1)43-19-27-49(28-20-43)61(53-37-47-15-7-9-17-55(47)59-39-53)51-31-23-45(24-32-51)57-35-36-58(63-57)46-25-33-52(34-26-46)62(54-38-48-16-8-10-18-56(48)60-40-54)50-29-21-44(22-30-50)42-13-5-2-6-14-42;1-2;/h1-40H;1-2H2;1H4. The molecule has 0 saturated carbocycles. The van der Waals surface area contributed by atoms with Crippen LogP contribution in [0.1, 0.15) is 7.43 Å². The number of para-hydroxylation sites is 2. The molecule has 0 bridgehead atoms. The molecule has 3 heterocycles.